The van der Waals surface area contributed by atoms with Crippen LogP contribution in [0.5, 0.6) is 5.75 Å². The van der Waals surface area contributed by atoms with Crippen molar-refractivity contribution in [3.63, 3.8) is 0 Å². The number of thioether (sulfide) groups is 1. The first-order chi connectivity index (χ1) is 20.3. The molecule has 0 bridgehead atoms. The van der Waals surface area contributed by atoms with Gasteiger partial charge >= 0.3 is 5.97 Å². The number of carbonyl (C=O) groups is 3. The van der Waals surface area contributed by atoms with Crippen molar-refractivity contribution < 1.29 is 24.2 Å². The van der Waals surface area contributed by atoms with Gasteiger partial charge in [0.2, 0.25) is 5.91 Å². The molecule has 0 spiro atoms. The SMILES string of the molecule is CCCCCCN(C(=O)CCCC)C(CC(OC(C)=O)C(=N)S/C=C/C(Cc1ccc(O)cc1)CC(C)(C)C=O)C(C)C. The first kappa shape index (κ1) is 38.4. The number of hydrogen-bond acceptors (Lipinski definition) is 7. The Bertz CT molecular complexity index is 1020. The zero-order chi connectivity index (χ0) is 32.4. The van der Waals surface area contributed by atoms with Crippen molar-refractivity contribution in [3.05, 3.63) is 41.3 Å². The highest BCUT2D eigenvalue weighted by Crippen LogP contribution is 2.29. The topological polar surface area (TPSA) is 108 Å². The number of aldehydes is 1. The van der Waals surface area contributed by atoms with E-state index in [-0.39, 0.29) is 34.6 Å². The fraction of sp³-hybridized carbons (Fsp3) is 0.657. The van der Waals surface area contributed by atoms with Crippen molar-refractivity contribution >= 4 is 35.0 Å². The molecule has 8 heteroatoms. The second-order valence-corrected chi connectivity index (χ2v) is 13.6. The summed E-state index contributed by atoms with van der Waals surface area (Å²) in [6.07, 6.45) is 10.4. The zero-order valence-electron chi connectivity index (χ0n) is 27.6. The van der Waals surface area contributed by atoms with Crippen molar-refractivity contribution in [3.8, 4) is 5.75 Å². The molecule has 3 atom stereocenters. The van der Waals surface area contributed by atoms with E-state index in [2.05, 4.69) is 27.7 Å². The fourth-order valence-electron chi connectivity index (χ4n) is 5.21. The molecule has 1 aromatic carbocycles. The van der Waals surface area contributed by atoms with Crippen LogP contribution in [-0.2, 0) is 25.5 Å². The molecule has 0 heterocycles. The lowest BCUT2D eigenvalue weighted by Gasteiger charge is -2.37. The number of amides is 1. The van der Waals surface area contributed by atoms with Crippen molar-refractivity contribution in [2.24, 2.45) is 17.3 Å². The number of nitrogens with one attached hydrogen (secondary N) is 1. The molecule has 0 aliphatic heterocycles. The highest BCUT2D eigenvalue weighted by molar-refractivity contribution is 8.16. The number of benzene rings is 1. The summed E-state index contributed by atoms with van der Waals surface area (Å²) in [6, 6.07) is 6.90. The van der Waals surface area contributed by atoms with Crippen LogP contribution in [0.4, 0.5) is 0 Å². The van der Waals surface area contributed by atoms with Gasteiger partial charge in [-0.25, -0.2) is 0 Å². The molecule has 0 aliphatic carbocycles. The van der Waals surface area contributed by atoms with E-state index in [1.165, 1.54) is 18.7 Å². The number of rotatable bonds is 21. The number of hydrogen-bond donors (Lipinski definition) is 2. The summed E-state index contributed by atoms with van der Waals surface area (Å²) in [5.74, 6) is 0.0360. The first-order valence-corrected chi connectivity index (χ1v) is 16.8. The molecule has 0 fully saturated rings. The molecule has 3 unspecified atom stereocenters. The third-order valence-corrected chi connectivity index (χ3v) is 8.44. The lowest BCUT2D eigenvalue weighted by Crippen LogP contribution is -2.46. The molecule has 7 nitrogen and oxygen atoms in total. The van der Waals surface area contributed by atoms with Gasteiger partial charge in [0.15, 0.2) is 6.10 Å². The van der Waals surface area contributed by atoms with Crippen LogP contribution in [-0.4, -0.2) is 51.9 Å². The van der Waals surface area contributed by atoms with Gasteiger partial charge in [0.1, 0.15) is 17.1 Å². The number of ether oxygens (including phenoxy) is 1. The average molecular weight is 617 g/mol. The minimum atomic E-state index is -0.765. The molecule has 43 heavy (non-hydrogen) atoms. The van der Waals surface area contributed by atoms with E-state index >= 15 is 0 Å². The average Bonchev–Trinajstić information content (AvgIpc) is 2.95. The number of phenols is 1. The number of nitrogens with zero attached hydrogens (tertiary/aromatic N) is 1. The standard InChI is InChI=1S/C35H56N2O5S/c1-8-10-12-13-20-37(33(41)14-11-9-2)31(26(3)4)23-32(42-27(5)39)34(36)43-21-19-29(24-35(6,7)25-38)22-28-15-17-30(40)18-16-28/h15-19,21,25-26,29,31-32,36,40H,8-14,20,22-24H2,1-7H3/b21-19+,36-34?. The van der Waals surface area contributed by atoms with Crippen LogP contribution in [0.2, 0.25) is 0 Å². The van der Waals surface area contributed by atoms with E-state index < -0.39 is 17.5 Å². The summed E-state index contributed by atoms with van der Waals surface area (Å²) in [4.78, 5) is 39.1. The third-order valence-electron chi connectivity index (χ3n) is 7.63. The molecule has 1 rings (SSSR count). The van der Waals surface area contributed by atoms with Gasteiger partial charge in [0.05, 0.1) is 0 Å². The predicted molar refractivity (Wildman–Crippen MR) is 178 cm³/mol. The second kappa shape index (κ2) is 20.4. The summed E-state index contributed by atoms with van der Waals surface area (Å²) in [5, 5.41) is 20.6. The van der Waals surface area contributed by atoms with Crippen LogP contribution in [0.3, 0.4) is 0 Å². The maximum atomic E-state index is 13.3. The Morgan fingerprint density at radius 1 is 1.07 bits per heavy atom. The fourth-order valence-corrected chi connectivity index (χ4v) is 5.95. The smallest absolute Gasteiger partial charge is 0.303 e. The Morgan fingerprint density at radius 3 is 2.28 bits per heavy atom. The molecule has 0 aromatic heterocycles. The van der Waals surface area contributed by atoms with Gasteiger partial charge in [0.25, 0.3) is 0 Å². The Morgan fingerprint density at radius 2 is 1.72 bits per heavy atom. The van der Waals surface area contributed by atoms with Crippen LogP contribution in [0.25, 0.3) is 0 Å². The number of phenolic OH excluding ortho intramolecular Hbond substituents is 1. The first-order valence-electron chi connectivity index (χ1n) is 16.0. The second-order valence-electron chi connectivity index (χ2n) is 12.6. The minimum Gasteiger partial charge on any atom is -0.508 e. The van der Waals surface area contributed by atoms with Gasteiger partial charge in [-0.05, 0) is 60.6 Å². The quantitative estimate of drug-likeness (QED) is 0.0473. The minimum absolute atomic E-state index is 0.0235. The monoisotopic (exact) mass is 616 g/mol. The maximum Gasteiger partial charge on any atom is 0.303 e. The highest BCUT2D eigenvalue weighted by Gasteiger charge is 2.31. The normalized spacial score (nSPS) is 14.0. The molecular formula is C35H56N2O5S. The van der Waals surface area contributed by atoms with E-state index in [0.29, 0.717) is 32.2 Å². The van der Waals surface area contributed by atoms with Crippen LogP contribution in [0.15, 0.2) is 35.7 Å². The van der Waals surface area contributed by atoms with Crippen LogP contribution < -0.4 is 0 Å². The van der Waals surface area contributed by atoms with E-state index in [1.54, 1.807) is 12.1 Å². The van der Waals surface area contributed by atoms with Crippen molar-refractivity contribution in [1.29, 1.82) is 5.41 Å². The van der Waals surface area contributed by atoms with Crippen molar-refractivity contribution in [2.75, 3.05) is 6.54 Å². The number of aromatic hydroxyl groups is 1. The van der Waals surface area contributed by atoms with Crippen LogP contribution in [0, 0.1) is 22.7 Å². The highest BCUT2D eigenvalue weighted by atomic mass is 32.2. The van der Waals surface area contributed by atoms with E-state index in [0.717, 1.165) is 50.4 Å². The molecule has 0 radical (unpaired) electrons. The van der Waals surface area contributed by atoms with Gasteiger partial charge in [-0.2, -0.15) is 0 Å². The maximum absolute atomic E-state index is 13.3. The predicted octanol–water partition coefficient (Wildman–Crippen LogP) is 8.34. The van der Waals surface area contributed by atoms with Crippen molar-refractivity contribution in [1.82, 2.24) is 4.90 Å². The van der Waals surface area contributed by atoms with E-state index in [1.807, 2.05) is 42.4 Å². The Labute approximate surface area is 264 Å². The lowest BCUT2D eigenvalue weighted by atomic mass is 9.81. The number of esters is 1. The Balaban J connectivity index is 3.15. The van der Waals surface area contributed by atoms with E-state index in [4.69, 9.17) is 10.1 Å². The molecular weight excluding hydrogens is 560 g/mol. The largest absolute Gasteiger partial charge is 0.508 e. The molecule has 2 N–H and O–H groups in total. The Hall–Kier alpha value is -2.61. The number of allylic oxidation sites excluding steroid dienone is 1. The van der Waals surface area contributed by atoms with Crippen LogP contribution in [0.1, 0.15) is 112 Å². The number of carbonyl (C=O) groups excluding carboxylic acids is 3. The molecule has 1 aromatic rings. The summed E-state index contributed by atoms with van der Waals surface area (Å²) in [6.45, 7) is 14.3. The molecule has 242 valence electrons. The third kappa shape index (κ3) is 15.6. The molecule has 0 saturated carbocycles. The molecule has 1 amide bonds. The summed E-state index contributed by atoms with van der Waals surface area (Å²) in [5.41, 5.74) is 0.526. The summed E-state index contributed by atoms with van der Waals surface area (Å²) < 4.78 is 5.68. The lowest BCUT2D eigenvalue weighted by molar-refractivity contribution is -0.144. The van der Waals surface area contributed by atoms with Gasteiger partial charge in [-0.3, -0.25) is 15.0 Å². The number of unbranched alkanes of at least 4 members (excludes halogenated alkanes) is 4. The summed E-state index contributed by atoms with van der Waals surface area (Å²) >= 11 is 1.21. The van der Waals surface area contributed by atoms with Crippen LogP contribution >= 0.6 is 11.8 Å². The van der Waals surface area contributed by atoms with Gasteiger partial charge < -0.3 is 19.5 Å². The van der Waals surface area contributed by atoms with Gasteiger partial charge in [-0.15, -0.1) is 0 Å². The van der Waals surface area contributed by atoms with Gasteiger partial charge in [0, 0.05) is 37.8 Å². The Kier molecular flexibility index (Phi) is 18.2. The molecule has 0 aliphatic rings. The van der Waals surface area contributed by atoms with Crippen molar-refractivity contribution in [2.45, 2.75) is 125 Å². The molecule has 0 saturated heterocycles. The summed E-state index contributed by atoms with van der Waals surface area (Å²) in [7, 11) is 0. The zero-order valence-corrected chi connectivity index (χ0v) is 28.4. The van der Waals surface area contributed by atoms with E-state index in [9.17, 15) is 19.5 Å². The van der Waals surface area contributed by atoms with Gasteiger partial charge in [-0.1, -0.05) is 97.2 Å².